The van der Waals surface area contributed by atoms with Gasteiger partial charge in [-0.1, -0.05) is 9.24 Å². The molecule has 0 saturated carbocycles. The van der Waals surface area contributed by atoms with Crippen molar-refractivity contribution in [3.63, 3.8) is 0 Å². The van der Waals surface area contributed by atoms with Gasteiger partial charge in [0.25, 0.3) is 0 Å². The first-order valence-electron chi connectivity index (χ1n) is 3.66. The molecule has 0 saturated heterocycles. The van der Waals surface area contributed by atoms with Gasteiger partial charge in [0.2, 0.25) is 11.6 Å². The van der Waals surface area contributed by atoms with E-state index in [1.807, 2.05) is 0 Å². The molecule has 0 amide bonds. The zero-order valence-electron chi connectivity index (χ0n) is 7.41. The molecule has 0 aliphatic rings. The van der Waals surface area contributed by atoms with Crippen LogP contribution in [0.2, 0.25) is 0 Å². The molecule has 1 unspecified atom stereocenters. The van der Waals surface area contributed by atoms with Crippen LogP contribution in [0.4, 0.5) is 17.6 Å². The van der Waals surface area contributed by atoms with Crippen molar-refractivity contribution in [1.82, 2.24) is 0 Å². The summed E-state index contributed by atoms with van der Waals surface area (Å²) in [5, 5.41) is -0.679. The van der Waals surface area contributed by atoms with E-state index in [9.17, 15) is 22.4 Å². The lowest BCUT2D eigenvalue weighted by atomic mass is 10.3. The fourth-order valence-corrected chi connectivity index (χ4v) is 1.18. The van der Waals surface area contributed by atoms with Gasteiger partial charge in [-0.05, 0) is 0 Å². The van der Waals surface area contributed by atoms with Gasteiger partial charge in [-0.3, -0.25) is 4.79 Å². The number of hydrogen-bond donors (Lipinski definition) is 0. The Hall–Kier alpha value is -1.16. The summed E-state index contributed by atoms with van der Waals surface area (Å²) in [6.45, 7) is 0.919. The molecule has 1 aromatic carbocycles. The Balaban J connectivity index is 3.45. The van der Waals surface area contributed by atoms with Crippen molar-refractivity contribution in [1.29, 1.82) is 0 Å². The maximum absolute atomic E-state index is 13.0. The minimum atomic E-state index is -2.02. The number of carbonyl (C=O) groups excluding carboxylic acids is 1. The summed E-state index contributed by atoms with van der Waals surface area (Å²) >= 11 is 0. The van der Waals surface area contributed by atoms with Crippen LogP contribution in [0.3, 0.4) is 0 Å². The van der Waals surface area contributed by atoms with Gasteiger partial charge in [0.05, 0.1) is 5.30 Å². The number of ether oxygens (including phenoxy) is 1. The van der Waals surface area contributed by atoms with Gasteiger partial charge in [-0.2, -0.15) is 4.39 Å². The van der Waals surface area contributed by atoms with E-state index < -0.39 is 40.3 Å². The van der Waals surface area contributed by atoms with Crippen molar-refractivity contribution >= 4 is 20.5 Å². The highest BCUT2D eigenvalue weighted by Gasteiger charge is 2.25. The normalized spacial score (nSPS) is 10.3. The van der Waals surface area contributed by atoms with Gasteiger partial charge in [-0.15, -0.1) is 0 Å². The molecule has 0 radical (unpaired) electrons. The summed E-state index contributed by atoms with van der Waals surface area (Å²) in [4.78, 5) is 10.5. The predicted molar refractivity (Wildman–Crippen MR) is 46.9 cm³/mol. The molecule has 0 aliphatic heterocycles. The number of benzene rings is 1. The number of esters is 1. The molecule has 0 N–H and O–H groups in total. The Morgan fingerprint density at radius 2 is 1.53 bits per heavy atom. The molecule has 1 atom stereocenters. The lowest BCUT2D eigenvalue weighted by molar-refractivity contribution is -0.132. The van der Waals surface area contributed by atoms with E-state index in [1.54, 1.807) is 9.24 Å². The minimum Gasteiger partial charge on any atom is -0.423 e. The number of carbonyl (C=O) groups is 1. The third kappa shape index (κ3) is 2.09. The summed E-state index contributed by atoms with van der Waals surface area (Å²) < 4.78 is 55.4. The van der Waals surface area contributed by atoms with Crippen LogP contribution in [0, 0.1) is 23.3 Å². The SMILES string of the molecule is CC(=O)Oc1c(F)c(F)c(F)c(F)c1P. The molecule has 15 heavy (non-hydrogen) atoms. The van der Waals surface area contributed by atoms with Crippen LogP contribution in [0.25, 0.3) is 0 Å². The predicted octanol–water partition coefficient (Wildman–Crippen LogP) is 1.67. The van der Waals surface area contributed by atoms with Gasteiger partial charge in [-0.25, -0.2) is 13.2 Å². The molecule has 7 heteroatoms. The Morgan fingerprint density at radius 3 is 2.00 bits per heavy atom. The van der Waals surface area contributed by atoms with Crippen molar-refractivity contribution < 1.29 is 27.1 Å². The van der Waals surface area contributed by atoms with Gasteiger partial charge in [0.15, 0.2) is 17.4 Å². The van der Waals surface area contributed by atoms with Crippen molar-refractivity contribution in [3.05, 3.63) is 23.3 Å². The van der Waals surface area contributed by atoms with Gasteiger partial charge >= 0.3 is 5.97 Å². The second-order valence-electron chi connectivity index (χ2n) is 2.59. The van der Waals surface area contributed by atoms with Gasteiger partial charge in [0, 0.05) is 6.92 Å². The molecule has 0 aromatic heterocycles. The molecular weight excluding hydrogens is 235 g/mol. The van der Waals surface area contributed by atoms with E-state index in [4.69, 9.17) is 0 Å². The van der Waals surface area contributed by atoms with Crippen LogP contribution >= 0.6 is 9.24 Å². The summed E-state index contributed by atoms with van der Waals surface area (Å²) in [7, 11) is 1.63. The average Bonchev–Trinajstić information content (AvgIpc) is 2.18. The van der Waals surface area contributed by atoms with E-state index in [0.29, 0.717) is 0 Å². The molecule has 1 aromatic rings. The van der Waals surface area contributed by atoms with Crippen LogP contribution in [-0.4, -0.2) is 5.97 Å². The fraction of sp³-hybridized carbons (Fsp3) is 0.125. The number of hydrogen-bond acceptors (Lipinski definition) is 2. The van der Waals surface area contributed by atoms with Crippen LogP contribution < -0.4 is 10.0 Å². The lowest BCUT2D eigenvalue weighted by Crippen LogP contribution is -2.16. The minimum absolute atomic E-state index is 0.679. The van der Waals surface area contributed by atoms with Crippen LogP contribution in [0.5, 0.6) is 5.75 Å². The first kappa shape index (κ1) is 11.9. The number of halogens is 4. The monoisotopic (exact) mass is 240 g/mol. The molecular formula is C8H5F4O2P. The van der Waals surface area contributed by atoms with E-state index in [0.717, 1.165) is 6.92 Å². The first-order valence-corrected chi connectivity index (χ1v) is 4.23. The Labute approximate surface area is 84.4 Å². The zero-order chi connectivity index (χ0) is 11.7. The van der Waals surface area contributed by atoms with E-state index in [2.05, 4.69) is 4.74 Å². The third-order valence-electron chi connectivity index (χ3n) is 1.50. The molecule has 1 rings (SSSR count). The average molecular weight is 240 g/mol. The highest BCUT2D eigenvalue weighted by atomic mass is 31.0. The zero-order valence-corrected chi connectivity index (χ0v) is 8.56. The largest absolute Gasteiger partial charge is 0.423 e. The van der Waals surface area contributed by atoms with Crippen molar-refractivity contribution in [3.8, 4) is 5.75 Å². The van der Waals surface area contributed by atoms with Gasteiger partial charge < -0.3 is 4.74 Å². The molecule has 0 fully saturated rings. The van der Waals surface area contributed by atoms with Gasteiger partial charge in [0.1, 0.15) is 0 Å². The Bertz CT molecular complexity index is 404. The van der Waals surface area contributed by atoms with Crippen molar-refractivity contribution in [2.24, 2.45) is 0 Å². The molecule has 2 nitrogen and oxygen atoms in total. The van der Waals surface area contributed by atoms with Crippen LogP contribution in [0.1, 0.15) is 6.92 Å². The fourth-order valence-electron chi connectivity index (χ4n) is 0.872. The Morgan fingerprint density at radius 1 is 1.07 bits per heavy atom. The summed E-state index contributed by atoms with van der Waals surface area (Å²) in [6, 6.07) is 0. The summed E-state index contributed by atoms with van der Waals surface area (Å²) in [5.41, 5.74) is 0. The van der Waals surface area contributed by atoms with Crippen molar-refractivity contribution in [2.75, 3.05) is 0 Å². The molecule has 0 bridgehead atoms. The highest BCUT2D eigenvalue weighted by Crippen LogP contribution is 2.24. The molecule has 0 heterocycles. The van der Waals surface area contributed by atoms with E-state index >= 15 is 0 Å². The lowest BCUT2D eigenvalue weighted by Gasteiger charge is -2.08. The first-order chi connectivity index (χ1) is 6.86. The van der Waals surface area contributed by atoms with Crippen molar-refractivity contribution in [2.45, 2.75) is 6.92 Å². The van der Waals surface area contributed by atoms with Crippen LogP contribution in [-0.2, 0) is 4.79 Å². The second-order valence-corrected chi connectivity index (χ2v) is 3.17. The standard InChI is InChI=1S/C8H5F4O2P/c1-2(13)14-7-5(11)3(9)4(10)6(12)8(7)15/h15H2,1H3. The number of rotatable bonds is 1. The van der Waals surface area contributed by atoms with Crippen LogP contribution in [0.15, 0.2) is 0 Å². The summed E-state index contributed by atoms with van der Waals surface area (Å²) in [6.07, 6.45) is 0. The second kappa shape index (κ2) is 4.14. The van der Waals surface area contributed by atoms with E-state index in [1.165, 1.54) is 0 Å². The molecule has 0 aliphatic carbocycles. The Kier molecular flexibility index (Phi) is 3.29. The maximum atomic E-state index is 13.0. The maximum Gasteiger partial charge on any atom is 0.308 e. The topological polar surface area (TPSA) is 26.3 Å². The highest BCUT2D eigenvalue weighted by molar-refractivity contribution is 7.27. The van der Waals surface area contributed by atoms with E-state index in [-0.39, 0.29) is 0 Å². The smallest absolute Gasteiger partial charge is 0.308 e. The molecule has 82 valence electrons. The summed E-state index contributed by atoms with van der Waals surface area (Å²) in [5.74, 6) is -9.26. The molecule has 0 spiro atoms. The quantitative estimate of drug-likeness (QED) is 0.186. The third-order valence-corrected chi connectivity index (χ3v) is 2.02.